The summed E-state index contributed by atoms with van der Waals surface area (Å²) in [6.45, 7) is 3.81. The summed E-state index contributed by atoms with van der Waals surface area (Å²) < 4.78 is 5.58. The van der Waals surface area contributed by atoms with Gasteiger partial charge in [0.05, 0.1) is 29.7 Å². The van der Waals surface area contributed by atoms with Crippen molar-refractivity contribution in [3.05, 3.63) is 65.2 Å². The number of aliphatic carboxylic acids is 1. The minimum absolute atomic E-state index is 0.00639. The molecule has 26 heavy (non-hydrogen) atoms. The molecule has 0 bridgehead atoms. The van der Waals surface area contributed by atoms with E-state index < -0.39 is 23.8 Å². The summed E-state index contributed by atoms with van der Waals surface area (Å²) in [6.07, 6.45) is -0.359. The third kappa shape index (κ3) is 3.31. The number of hydrogen-bond donors (Lipinski definition) is 1. The lowest BCUT2D eigenvalue weighted by Crippen LogP contribution is -2.35. The van der Waals surface area contributed by atoms with Crippen LogP contribution in [0, 0.1) is 0 Å². The number of benzene rings is 2. The Morgan fingerprint density at radius 2 is 1.54 bits per heavy atom. The first-order valence-corrected chi connectivity index (χ1v) is 8.34. The van der Waals surface area contributed by atoms with Crippen molar-refractivity contribution >= 4 is 17.8 Å². The predicted molar refractivity (Wildman–Crippen MR) is 94.1 cm³/mol. The summed E-state index contributed by atoms with van der Waals surface area (Å²) in [7, 11) is 0. The van der Waals surface area contributed by atoms with Gasteiger partial charge in [0.1, 0.15) is 5.75 Å². The Balaban J connectivity index is 1.96. The van der Waals surface area contributed by atoms with Crippen LogP contribution in [0.15, 0.2) is 48.5 Å². The number of fused-ring (bicyclic) bond motifs is 1. The topological polar surface area (TPSA) is 83.9 Å². The fourth-order valence-corrected chi connectivity index (χ4v) is 3.06. The van der Waals surface area contributed by atoms with E-state index in [1.165, 1.54) is 0 Å². The summed E-state index contributed by atoms with van der Waals surface area (Å²) in [5.41, 5.74) is 1.17. The molecule has 1 heterocycles. The van der Waals surface area contributed by atoms with Crippen LogP contribution in [0.2, 0.25) is 0 Å². The molecule has 1 aliphatic heterocycles. The van der Waals surface area contributed by atoms with Crippen LogP contribution in [0.1, 0.15) is 52.6 Å². The molecule has 3 rings (SSSR count). The summed E-state index contributed by atoms with van der Waals surface area (Å²) in [4.78, 5) is 37.8. The van der Waals surface area contributed by atoms with E-state index in [0.717, 1.165) is 4.90 Å². The van der Waals surface area contributed by atoms with Crippen LogP contribution < -0.4 is 4.74 Å². The molecule has 6 heteroatoms. The maximum atomic E-state index is 12.7. The SMILES string of the molecule is CC(C)Oc1ccc(C(CC(=O)O)N2C(=O)c3ccccc3C2=O)cc1. The highest BCUT2D eigenvalue weighted by atomic mass is 16.5. The molecule has 1 aliphatic rings. The second-order valence-corrected chi connectivity index (χ2v) is 6.38. The zero-order valence-corrected chi connectivity index (χ0v) is 14.5. The highest BCUT2D eigenvalue weighted by molar-refractivity contribution is 6.21. The monoisotopic (exact) mass is 353 g/mol. The van der Waals surface area contributed by atoms with E-state index in [9.17, 15) is 19.5 Å². The molecule has 1 unspecified atom stereocenters. The molecule has 2 aromatic carbocycles. The third-order valence-corrected chi connectivity index (χ3v) is 4.14. The Hall–Kier alpha value is -3.15. The van der Waals surface area contributed by atoms with Crippen molar-refractivity contribution in [2.75, 3.05) is 0 Å². The number of rotatable bonds is 6. The second-order valence-electron chi connectivity index (χ2n) is 6.38. The van der Waals surface area contributed by atoms with Crippen molar-refractivity contribution < 1.29 is 24.2 Å². The minimum Gasteiger partial charge on any atom is -0.491 e. The average molecular weight is 353 g/mol. The summed E-state index contributed by atoms with van der Waals surface area (Å²) >= 11 is 0. The van der Waals surface area contributed by atoms with Gasteiger partial charge in [-0.1, -0.05) is 24.3 Å². The van der Waals surface area contributed by atoms with E-state index >= 15 is 0 Å². The van der Waals surface area contributed by atoms with E-state index in [-0.39, 0.29) is 12.5 Å². The van der Waals surface area contributed by atoms with Crippen molar-refractivity contribution in [3.8, 4) is 5.75 Å². The van der Waals surface area contributed by atoms with Crippen LogP contribution >= 0.6 is 0 Å². The maximum Gasteiger partial charge on any atom is 0.305 e. The molecule has 0 saturated heterocycles. The Bertz CT molecular complexity index is 822. The van der Waals surface area contributed by atoms with Crippen molar-refractivity contribution in [3.63, 3.8) is 0 Å². The van der Waals surface area contributed by atoms with Gasteiger partial charge in [0.15, 0.2) is 0 Å². The lowest BCUT2D eigenvalue weighted by molar-refractivity contribution is -0.138. The highest BCUT2D eigenvalue weighted by Gasteiger charge is 2.41. The van der Waals surface area contributed by atoms with Crippen molar-refractivity contribution in [1.82, 2.24) is 4.90 Å². The molecule has 134 valence electrons. The Morgan fingerprint density at radius 3 is 2.00 bits per heavy atom. The van der Waals surface area contributed by atoms with Crippen molar-refractivity contribution in [2.45, 2.75) is 32.4 Å². The van der Waals surface area contributed by atoms with Crippen LogP contribution in [0.4, 0.5) is 0 Å². The quantitative estimate of drug-likeness (QED) is 0.806. The van der Waals surface area contributed by atoms with Gasteiger partial charge in [-0.15, -0.1) is 0 Å². The molecule has 2 amide bonds. The van der Waals surface area contributed by atoms with Gasteiger partial charge in [-0.25, -0.2) is 0 Å². The lowest BCUT2D eigenvalue weighted by Gasteiger charge is -2.25. The number of hydrogen-bond acceptors (Lipinski definition) is 4. The largest absolute Gasteiger partial charge is 0.491 e. The molecule has 0 fully saturated rings. The zero-order chi connectivity index (χ0) is 18.8. The molecular weight excluding hydrogens is 334 g/mol. The number of carbonyl (C=O) groups excluding carboxylic acids is 2. The van der Waals surface area contributed by atoms with Crippen molar-refractivity contribution in [1.29, 1.82) is 0 Å². The van der Waals surface area contributed by atoms with Gasteiger partial charge in [-0.05, 0) is 43.7 Å². The van der Waals surface area contributed by atoms with Crippen LogP contribution in [0.5, 0.6) is 5.75 Å². The standard InChI is InChI=1S/C20H19NO5/c1-12(2)26-14-9-7-13(8-10-14)17(11-18(22)23)21-19(24)15-5-3-4-6-16(15)20(21)25/h3-10,12,17H,11H2,1-2H3,(H,22,23). The molecule has 2 aromatic rings. The summed E-state index contributed by atoms with van der Waals surface area (Å²) in [5, 5.41) is 9.29. The molecule has 0 saturated carbocycles. The van der Waals surface area contributed by atoms with E-state index in [1.54, 1.807) is 48.5 Å². The van der Waals surface area contributed by atoms with E-state index in [1.807, 2.05) is 13.8 Å². The van der Waals surface area contributed by atoms with Gasteiger partial charge >= 0.3 is 5.97 Å². The van der Waals surface area contributed by atoms with E-state index in [2.05, 4.69) is 0 Å². The molecule has 6 nitrogen and oxygen atoms in total. The first-order chi connectivity index (χ1) is 12.4. The first kappa shape index (κ1) is 17.7. The highest BCUT2D eigenvalue weighted by Crippen LogP contribution is 2.34. The number of imide groups is 1. The Kier molecular flexibility index (Phi) is 4.75. The number of carboxylic acids is 1. The zero-order valence-electron chi connectivity index (χ0n) is 14.5. The van der Waals surface area contributed by atoms with Crippen LogP contribution in [-0.4, -0.2) is 33.9 Å². The molecule has 1 N–H and O–H groups in total. The molecular formula is C20H19NO5. The van der Waals surface area contributed by atoms with E-state index in [0.29, 0.717) is 22.4 Å². The van der Waals surface area contributed by atoms with Crippen LogP contribution in [0.3, 0.4) is 0 Å². The number of amides is 2. The van der Waals surface area contributed by atoms with Gasteiger partial charge in [0.25, 0.3) is 11.8 Å². The fraction of sp³-hybridized carbons (Fsp3) is 0.250. The Morgan fingerprint density at radius 1 is 1.00 bits per heavy atom. The molecule has 0 aromatic heterocycles. The average Bonchev–Trinajstić information content (AvgIpc) is 2.85. The summed E-state index contributed by atoms with van der Waals surface area (Å²) in [5.74, 6) is -1.40. The van der Waals surface area contributed by atoms with Gasteiger partial charge in [-0.3, -0.25) is 19.3 Å². The molecule has 0 radical (unpaired) electrons. The van der Waals surface area contributed by atoms with Crippen LogP contribution in [0.25, 0.3) is 0 Å². The number of nitrogens with zero attached hydrogens (tertiary/aromatic N) is 1. The van der Waals surface area contributed by atoms with E-state index in [4.69, 9.17) is 4.74 Å². The van der Waals surface area contributed by atoms with Gasteiger partial charge in [-0.2, -0.15) is 0 Å². The molecule has 1 atom stereocenters. The number of carboxylic acid groups (broad SMARTS) is 1. The minimum atomic E-state index is -1.09. The fourth-order valence-electron chi connectivity index (χ4n) is 3.06. The predicted octanol–water partition coefficient (Wildman–Crippen LogP) is 3.29. The maximum absolute atomic E-state index is 12.7. The Labute approximate surface area is 151 Å². The second kappa shape index (κ2) is 7.00. The summed E-state index contributed by atoms with van der Waals surface area (Å²) in [6, 6.07) is 12.4. The van der Waals surface area contributed by atoms with Crippen molar-refractivity contribution in [2.24, 2.45) is 0 Å². The molecule has 0 aliphatic carbocycles. The van der Waals surface area contributed by atoms with Crippen LogP contribution in [-0.2, 0) is 4.79 Å². The van der Waals surface area contributed by atoms with Gasteiger partial charge in [0, 0.05) is 0 Å². The normalized spacial score (nSPS) is 14.5. The molecule has 0 spiro atoms. The smallest absolute Gasteiger partial charge is 0.305 e. The first-order valence-electron chi connectivity index (χ1n) is 8.34. The van der Waals surface area contributed by atoms with Gasteiger partial charge in [0.2, 0.25) is 0 Å². The third-order valence-electron chi connectivity index (χ3n) is 4.14. The lowest BCUT2D eigenvalue weighted by atomic mass is 10.0. The van der Waals surface area contributed by atoms with Gasteiger partial charge < -0.3 is 9.84 Å². The number of ether oxygens (including phenoxy) is 1. The number of carbonyl (C=O) groups is 3.